The Morgan fingerprint density at radius 2 is 1.74 bits per heavy atom. The Morgan fingerprint density at radius 3 is 2.41 bits per heavy atom. The summed E-state index contributed by atoms with van der Waals surface area (Å²) in [6.45, 7) is 2.59. The third-order valence-electron chi connectivity index (χ3n) is 5.77. The zero-order valence-electron chi connectivity index (χ0n) is 16.3. The third kappa shape index (κ3) is 5.16. The van der Waals surface area contributed by atoms with E-state index in [1.54, 1.807) is 6.92 Å². The first-order valence-corrected chi connectivity index (χ1v) is 10.00. The number of fused-ring (bicyclic) bond motifs is 1. The van der Waals surface area contributed by atoms with Crippen LogP contribution in [0.4, 0.5) is 0 Å². The zero-order valence-corrected chi connectivity index (χ0v) is 16.3. The van der Waals surface area contributed by atoms with Crippen LogP contribution in [0, 0.1) is 11.8 Å². The van der Waals surface area contributed by atoms with Crippen molar-refractivity contribution in [2.45, 2.75) is 45.1 Å². The standard InChI is InChI=1S/C23H30N2O2/c1-16(26)22(14-18-9-10-19-5-3-4-6-21(19)13-18)25-23(27)20-11-7-17(8-12-20)15-24-2/h3-6,9-10,13,17,20,22,24H,7-8,11-12,14-15H2,1-2H3,(H,25,27). The van der Waals surface area contributed by atoms with E-state index in [1.165, 1.54) is 5.39 Å². The van der Waals surface area contributed by atoms with Crippen molar-refractivity contribution >= 4 is 22.5 Å². The molecule has 4 nitrogen and oxygen atoms in total. The van der Waals surface area contributed by atoms with Crippen molar-refractivity contribution in [1.82, 2.24) is 10.6 Å². The van der Waals surface area contributed by atoms with Crippen molar-refractivity contribution in [1.29, 1.82) is 0 Å². The maximum absolute atomic E-state index is 12.7. The molecular formula is C23H30N2O2. The fourth-order valence-corrected chi connectivity index (χ4v) is 4.10. The summed E-state index contributed by atoms with van der Waals surface area (Å²) < 4.78 is 0. The summed E-state index contributed by atoms with van der Waals surface area (Å²) in [5.74, 6) is 0.760. The van der Waals surface area contributed by atoms with Crippen molar-refractivity contribution in [2.24, 2.45) is 11.8 Å². The Kier molecular flexibility index (Phi) is 6.62. The third-order valence-corrected chi connectivity index (χ3v) is 5.77. The monoisotopic (exact) mass is 366 g/mol. The summed E-state index contributed by atoms with van der Waals surface area (Å²) in [5, 5.41) is 8.59. The first-order valence-electron chi connectivity index (χ1n) is 10.00. The van der Waals surface area contributed by atoms with Gasteiger partial charge in [0.15, 0.2) is 5.78 Å². The Hall–Kier alpha value is -2.20. The summed E-state index contributed by atoms with van der Waals surface area (Å²) in [7, 11) is 1.98. The fourth-order valence-electron chi connectivity index (χ4n) is 4.10. The minimum atomic E-state index is -0.450. The second kappa shape index (κ2) is 9.14. The quantitative estimate of drug-likeness (QED) is 0.789. The van der Waals surface area contributed by atoms with Gasteiger partial charge < -0.3 is 10.6 Å². The Bertz CT molecular complexity index is 794. The number of carbonyl (C=O) groups is 2. The molecule has 0 radical (unpaired) electrons. The van der Waals surface area contributed by atoms with Crippen molar-refractivity contribution < 1.29 is 9.59 Å². The predicted molar refractivity (Wildman–Crippen MR) is 110 cm³/mol. The van der Waals surface area contributed by atoms with E-state index in [9.17, 15) is 9.59 Å². The Morgan fingerprint density at radius 1 is 1.04 bits per heavy atom. The molecule has 0 aliphatic heterocycles. The maximum Gasteiger partial charge on any atom is 0.223 e. The fraction of sp³-hybridized carbons (Fsp3) is 0.478. The number of amides is 1. The summed E-state index contributed by atoms with van der Waals surface area (Å²) in [4.78, 5) is 24.8. The molecule has 1 aliphatic rings. The van der Waals surface area contributed by atoms with Crippen LogP contribution >= 0.6 is 0 Å². The van der Waals surface area contributed by atoms with Crippen LogP contribution in [0.5, 0.6) is 0 Å². The van der Waals surface area contributed by atoms with Crippen molar-refractivity contribution in [3.63, 3.8) is 0 Å². The van der Waals surface area contributed by atoms with E-state index in [2.05, 4.69) is 34.9 Å². The Balaban J connectivity index is 1.61. The van der Waals surface area contributed by atoms with E-state index in [0.29, 0.717) is 12.3 Å². The van der Waals surface area contributed by atoms with E-state index in [0.717, 1.165) is 43.2 Å². The summed E-state index contributed by atoms with van der Waals surface area (Å²) in [6, 6.07) is 14.0. The molecular weight excluding hydrogens is 336 g/mol. The van der Waals surface area contributed by atoms with E-state index < -0.39 is 6.04 Å². The van der Waals surface area contributed by atoms with Gasteiger partial charge in [0.1, 0.15) is 0 Å². The molecule has 1 saturated carbocycles. The highest BCUT2D eigenvalue weighted by Gasteiger charge is 2.28. The molecule has 1 aliphatic carbocycles. The van der Waals surface area contributed by atoms with E-state index in [1.807, 2.05) is 25.2 Å². The Labute approximate surface area is 161 Å². The molecule has 3 rings (SSSR count). The van der Waals surface area contributed by atoms with Crippen LogP contribution in [-0.4, -0.2) is 31.3 Å². The molecule has 2 N–H and O–H groups in total. The number of rotatable bonds is 7. The van der Waals surface area contributed by atoms with Gasteiger partial charge in [-0.3, -0.25) is 9.59 Å². The van der Waals surface area contributed by atoms with Gasteiger partial charge in [0.05, 0.1) is 6.04 Å². The molecule has 2 aromatic rings. The number of Topliss-reactive ketones (excluding diaryl/α,β-unsaturated/α-hetero) is 1. The van der Waals surface area contributed by atoms with Gasteiger partial charge in [-0.25, -0.2) is 0 Å². The van der Waals surface area contributed by atoms with Crippen LogP contribution < -0.4 is 10.6 Å². The predicted octanol–water partition coefficient (Wildman–Crippen LogP) is 3.48. The summed E-state index contributed by atoms with van der Waals surface area (Å²) >= 11 is 0. The second-order valence-electron chi connectivity index (χ2n) is 7.83. The van der Waals surface area contributed by atoms with Gasteiger partial charge in [-0.05, 0) is 74.9 Å². The number of carbonyl (C=O) groups excluding carboxylic acids is 2. The molecule has 4 heteroatoms. The van der Waals surface area contributed by atoms with Crippen LogP contribution in [0.25, 0.3) is 10.8 Å². The van der Waals surface area contributed by atoms with Crippen LogP contribution in [0.3, 0.4) is 0 Å². The lowest BCUT2D eigenvalue weighted by Crippen LogP contribution is -2.45. The van der Waals surface area contributed by atoms with Crippen molar-refractivity contribution in [3.05, 3.63) is 48.0 Å². The van der Waals surface area contributed by atoms with Crippen LogP contribution in [-0.2, 0) is 16.0 Å². The molecule has 0 spiro atoms. The molecule has 27 heavy (non-hydrogen) atoms. The van der Waals surface area contributed by atoms with Crippen LogP contribution in [0.2, 0.25) is 0 Å². The lowest BCUT2D eigenvalue weighted by Gasteiger charge is -2.28. The van der Waals surface area contributed by atoms with Gasteiger partial charge in [0.2, 0.25) is 5.91 Å². The molecule has 0 saturated heterocycles. The van der Waals surface area contributed by atoms with Crippen molar-refractivity contribution in [2.75, 3.05) is 13.6 Å². The van der Waals surface area contributed by atoms with Crippen molar-refractivity contribution in [3.8, 4) is 0 Å². The molecule has 0 heterocycles. The van der Waals surface area contributed by atoms with Gasteiger partial charge in [-0.15, -0.1) is 0 Å². The molecule has 1 unspecified atom stereocenters. The normalized spacial score (nSPS) is 21.0. The number of benzene rings is 2. The smallest absolute Gasteiger partial charge is 0.223 e. The first kappa shape index (κ1) is 19.6. The van der Waals surface area contributed by atoms with Gasteiger partial charge >= 0.3 is 0 Å². The van der Waals surface area contributed by atoms with Gasteiger partial charge in [-0.1, -0.05) is 42.5 Å². The number of hydrogen-bond donors (Lipinski definition) is 2. The maximum atomic E-state index is 12.7. The van der Waals surface area contributed by atoms with Gasteiger partial charge in [0.25, 0.3) is 0 Å². The molecule has 1 amide bonds. The minimum Gasteiger partial charge on any atom is -0.346 e. The van der Waals surface area contributed by atoms with E-state index >= 15 is 0 Å². The summed E-state index contributed by atoms with van der Waals surface area (Å²) in [6.07, 6.45) is 4.53. The topological polar surface area (TPSA) is 58.2 Å². The highest BCUT2D eigenvalue weighted by molar-refractivity contribution is 5.89. The van der Waals surface area contributed by atoms with Gasteiger partial charge in [0, 0.05) is 5.92 Å². The number of ketones is 1. The average molecular weight is 367 g/mol. The van der Waals surface area contributed by atoms with E-state index in [-0.39, 0.29) is 17.6 Å². The van der Waals surface area contributed by atoms with Crippen LogP contribution in [0.1, 0.15) is 38.2 Å². The SMILES string of the molecule is CNCC1CCC(C(=O)NC(Cc2ccc3ccccc3c2)C(C)=O)CC1. The van der Waals surface area contributed by atoms with Crippen LogP contribution in [0.15, 0.2) is 42.5 Å². The first-order chi connectivity index (χ1) is 13.1. The highest BCUT2D eigenvalue weighted by atomic mass is 16.2. The number of hydrogen-bond acceptors (Lipinski definition) is 3. The second-order valence-corrected chi connectivity index (χ2v) is 7.83. The largest absolute Gasteiger partial charge is 0.346 e. The van der Waals surface area contributed by atoms with E-state index in [4.69, 9.17) is 0 Å². The summed E-state index contributed by atoms with van der Waals surface area (Å²) in [5.41, 5.74) is 1.08. The zero-order chi connectivity index (χ0) is 19.2. The molecule has 2 aromatic carbocycles. The molecule has 144 valence electrons. The lowest BCUT2D eigenvalue weighted by molar-refractivity contribution is -0.130. The molecule has 1 atom stereocenters. The molecule has 0 aromatic heterocycles. The molecule has 0 bridgehead atoms. The average Bonchev–Trinajstić information content (AvgIpc) is 2.68. The van der Waals surface area contributed by atoms with Gasteiger partial charge in [-0.2, -0.15) is 0 Å². The lowest BCUT2D eigenvalue weighted by atomic mass is 9.81. The number of nitrogens with one attached hydrogen (secondary N) is 2. The minimum absolute atomic E-state index is 0.0142. The molecule has 1 fully saturated rings. The highest BCUT2D eigenvalue weighted by Crippen LogP contribution is 2.28.